The second kappa shape index (κ2) is 6.87. The van der Waals surface area contributed by atoms with Gasteiger partial charge in [0, 0.05) is 30.2 Å². The number of aromatic nitrogens is 1. The molecule has 5 heteroatoms. The molecule has 0 bridgehead atoms. The molecule has 0 aliphatic heterocycles. The lowest BCUT2D eigenvalue weighted by atomic mass is 10.2. The number of nitrogens with zero attached hydrogens (tertiary/aromatic N) is 1. The third kappa shape index (κ3) is 4.08. The monoisotopic (exact) mass is 326 g/mol. The van der Waals surface area contributed by atoms with E-state index in [1.54, 1.807) is 17.5 Å². The molecule has 2 heterocycles. The van der Waals surface area contributed by atoms with Crippen LogP contribution in [-0.4, -0.2) is 11.6 Å². The number of hydrogen-bond acceptors (Lipinski definition) is 4. The summed E-state index contributed by atoms with van der Waals surface area (Å²) < 4.78 is 6.54. The summed E-state index contributed by atoms with van der Waals surface area (Å²) in [4.78, 5) is 5.46. The first-order valence-corrected chi connectivity index (χ1v) is 7.41. The van der Waals surface area contributed by atoms with Crippen LogP contribution in [0, 0.1) is 0 Å². The fourth-order valence-corrected chi connectivity index (χ4v) is 3.02. The smallest absolute Gasteiger partial charge is 0.213 e. The average molecular weight is 327 g/mol. The van der Waals surface area contributed by atoms with E-state index >= 15 is 0 Å². The molecule has 0 aliphatic carbocycles. The second-order valence-electron chi connectivity index (χ2n) is 3.74. The zero-order valence-electron chi connectivity index (χ0n) is 10.1. The minimum absolute atomic E-state index is 0.646. The third-order valence-electron chi connectivity index (χ3n) is 2.35. The molecule has 0 fully saturated rings. The Bertz CT molecular complexity index is 501. The maximum Gasteiger partial charge on any atom is 0.213 e. The summed E-state index contributed by atoms with van der Waals surface area (Å²) >= 11 is 5.21. The number of nitrogens with one attached hydrogen (secondary N) is 1. The van der Waals surface area contributed by atoms with Crippen molar-refractivity contribution < 1.29 is 4.74 Å². The highest BCUT2D eigenvalue weighted by atomic mass is 79.9. The molecule has 2 rings (SSSR count). The van der Waals surface area contributed by atoms with Gasteiger partial charge in [-0.3, -0.25) is 0 Å². The van der Waals surface area contributed by atoms with Crippen molar-refractivity contribution in [1.82, 2.24) is 10.3 Å². The molecule has 0 radical (unpaired) electrons. The molecule has 2 aromatic heterocycles. The van der Waals surface area contributed by atoms with Crippen molar-refractivity contribution in [1.29, 1.82) is 0 Å². The van der Waals surface area contributed by atoms with Crippen LogP contribution in [0.4, 0.5) is 0 Å². The van der Waals surface area contributed by atoms with Gasteiger partial charge in [-0.2, -0.15) is 0 Å². The lowest BCUT2D eigenvalue weighted by Crippen LogP contribution is -2.11. The molecule has 0 unspecified atom stereocenters. The van der Waals surface area contributed by atoms with Crippen LogP contribution < -0.4 is 10.1 Å². The van der Waals surface area contributed by atoms with Crippen molar-refractivity contribution in [3.8, 4) is 5.88 Å². The molecule has 0 atom stereocenters. The number of ether oxygens (including phenoxy) is 1. The molecule has 0 aliphatic rings. The average Bonchev–Trinajstić information content (AvgIpc) is 2.76. The van der Waals surface area contributed by atoms with Crippen molar-refractivity contribution in [2.75, 3.05) is 6.61 Å². The van der Waals surface area contributed by atoms with Gasteiger partial charge in [0.2, 0.25) is 5.88 Å². The number of pyridine rings is 1. The van der Waals surface area contributed by atoms with Gasteiger partial charge in [0.25, 0.3) is 0 Å². The number of rotatable bonds is 6. The van der Waals surface area contributed by atoms with Gasteiger partial charge in [-0.15, -0.1) is 11.3 Å². The third-order valence-corrected chi connectivity index (χ3v) is 3.97. The quantitative estimate of drug-likeness (QED) is 0.880. The first-order valence-electron chi connectivity index (χ1n) is 5.80. The molecular weight excluding hydrogens is 312 g/mol. The van der Waals surface area contributed by atoms with Gasteiger partial charge in [0.15, 0.2) is 0 Å². The maximum absolute atomic E-state index is 5.37. The first-order chi connectivity index (χ1) is 8.78. The normalized spacial score (nSPS) is 10.6. The Kier molecular flexibility index (Phi) is 5.16. The van der Waals surface area contributed by atoms with E-state index in [-0.39, 0.29) is 0 Å². The van der Waals surface area contributed by atoms with Crippen molar-refractivity contribution >= 4 is 27.3 Å². The Labute approximate surface area is 119 Å². The van der Waals surface area contributed by atoms with Crippen LogP contribution in [0.3, 0.4) is 0 Å². The Hall–Kier alpha value is -0.910. The Balaban J connectivity index is 1.84. The molecule has 0 saturated heterocycles. The summed E-state index contributed by atoms with van der Waals surface area (Å²) in [7, 11) is 0. The summed E-state index contributed by atoms with van der Waals surface area (Å²) in [6.07, 6.45) is 1.78. The molecule has 1 N–H and O–H groups in total. The van der Waals surface area contributed by atoms with Gasteiger partial charge in [-0.25, -0.2) is 4.98 Å². The van der Waals surface area contributed by atoms with E-state index in [1.807, 2.05) is 19.1 Å². The highest BCUT2D eigenvalue weighted by Crippen LogP contribution is 2.21. The molecule has 3 nitrogen and oxygen atoms in total. The molecule has 0 spiro atoms. The standard InChI is InChI=1S/C13H15BrN2OS/c1-2-17-13-7-10(5-6-16-13)8-15-9-11-3-4-12(14)18-11/h3-7,15H,2,8-9H2,1H3. The van der Waals surface area contributed by atoms with Crippen LogP contribution >= 0.6 is 27.3 Å². The zero-order valence-corrected chi connectivity index (χ0v) is 12.6. The van der Waals surface area contributed by atoms with Crippen LogP contribution in [-0.2, 0) is 13.1 Å². The lowest BCUT2D eigenvalue weighted by molar-refractivity contribution is 0.326. The molecule has 0 aromatic carbocycles. The van der Waals surface area contributed by atoms with Gasteiger partial charge in [-0.05, 0) is 46.6 Å². The molecular formula is C13H15BrN2OS. The Morgan fingerprint density at radius 3 is 2.94 bits per heavy atom. The first kappa shape index (κ1) is 13.5. The van der Waals surface area contributed by atoms with Gasteiger partial charge in [0.1, 0.15) is 0 Å². The molecule has 2 aromatic rings. The van der Waals surface area contributed by atoms with Gasteiger partial charge in [0.05, 0.1) is 10.4 Å². The second-order valence-corrected chi connectivity index (χ2v) is 6.29. The summed E-state index contributed by atoms with van der Waals surface area (Å²) in [6, 6.07) is 8.17. The Morgan fingerprint density at radius 2 is 2.22 bits per heavy atom. The van der Waals surface area contributed by atoms with Crippen molar-refractivity contribution in [3.05, 3.63) is 44.7 Å². The molecule has 0 saturated carbocycles. The maximum atomic E-state index is 5.37. The number of halogens is 1. The number of thiophene rings is 1. The largest absolute Gasteiger partial charge is 0.478 e. The van der Waals surface area contributed by atoms with E-state index in [1.165, 1.54) is 14.2 Å². The summed E-state index contributed by atoms with van der Waals surface area (Å²) in [5, 5.41) is 3.41. The van der Waals surface area contributed by atoms with E-state index in [0.29, 0.717) is 12.5 Å². The van der Waals surface area contributed by atoms with E-state index in [2.05, 4.69) is 38.4 Å². The van der Waals surface area contributed by atoms with Crippen LogP contribution in [0.2, 0.25) is 0 Å². The minimum Gasteiger partial charge on any atom is -0.478 e. The van der Waals surface area contributed by atoms with Gasteiger partial charge < -0.3 is 10.1 Å². The lowest BCUT2D eigenvalue weighted by Gasteiger charge is -2.06. The van der Waals surface area contributed by atoms with Crippen LogP contribution in [0.1, 0.15) is 17.4 Å². The Morgan fingerprint density at radius 1 is 1.33 bits per heavy atom. The van der Waals surface area contributed by atoms with Crippen LogP contribution in [0.15, 0.2) is 34.2 Å². The summed E-state index contributed by atoms with van der Waals surface area (Å²) in [6.45, 7) is 4.30. The molecule has 18 heavy (non-hydrogen) atoms. The van der Waals surface area contributed by atoms with E-state index < -0.39 is 0 Å². The van der Waals surface area contributed by atoms with E-state index in [4.69, 9.17) is 4.74 Å². The fourth-order valence-electron chi connectivity index (χ4n) is 1.56. The van der Waals surface area contributed by atoms with Crippen molar-refractivity contribution in [2.24, 2.45) is 0 Å². The number of hydrogen-bond donors (Lipinski definition) is 1. The van der Waals surface area contributed by atoms with Crippen LogP contribution in [0.25, 0.3) is 0 Å². The highest BCUT2D eigenvalue weighted by Gasteiger charge is 1.99. The fraction of sp³-hybridized carbons (Fsp3) is 0.308. The van der Waals surface area contributed by atoms with Gasteiger partial charge >= 0.3 is 0 Å². The van der Waals surface area contributed by atoms with Gasteiger partial charge in [-0.1, -0.05) is 0 Å². The van der Waals surface area contributed by atoms with Crippen molar-refractivity contribution in [2.45, 2.75) is 20.0 Å². The molecule has 0 amide bonds. The summed E-state index contributed by atoms with van der Waals surface area (Å²) in [5.41, 5.74) is 1.18. The van der Waals surface area contributed by atoms with Crippen LogP contribution in [0.5, 0.6) is 5.88 Å². The minimum atomic E-state index is 0.646. The van der Waals surface area contributed by atoms with E-state index in [0.717, 1.165) is 13.1 Å². The summed E-state index contributed by atoms with van der Waals surface area (Å²) in [5.74, 6) is 0.690. The highest BCUT2D eigenvalue weighted by molar-refractivity contribution is 9.11. The topological polar surface area (TPSA) is 34.1 Å². The van der Waals surface area contributed by atoms with Crippen molar-refractivity contribution in [3.63, 3.8) is 0 Å². The van der Waals surface area contributed by atoms with E-state index in [9.17, 15) is 0 Å². The molecule has 96 valence electrons. The SMILES string of the molecule is CCOc1cc(CNCc2ccc(Br)s2)ccn1. The predicted octanol–water partition coefficient (Wildman–Crippen LogP) is 3.59. The predicted molar refractivity (Wildman–Crippen MR) is 78.0 cm³/mol. The zero-order chi connectivity index (χ0) is 12.8.